The number of rotatable bonds is 13. The molecule has 0 aromatic heterocycles. The Morgan fingerprint density at radius 3 is 2.08 bits per heavy atom. The number of methoxy groups -OCH3 is 1. The molecular formula is C20H38O6. The van der Waals surface area contributed by atoms with Crippen LogP contribution in [0.4, 0.5) is 0 Å². The molecule has 1 saturated heterocycles. The normalized spacial score (nSPS) is 36.6. The van der Waals surface area contributed by atoms with Crippen molar-refractivity contribution in [3.05, 3.63) is 0 Å². The van der Waals surface area contributed by atoms with Gasteiger partial charge in [-0.2, -0.15) is 0 Å². The monoisotopic (exact) mass is 374 g/mol. The topological polar surface area (TPSA) is 88.4 Å². The fourth-order valence-electron chi connectivity index (χ4n) is 4.12. The molecule has 0 spiro atoms. The van der Waals surface area contributed by atoms with Gasteiger partial charge in [-0.3, -0.25) is 0 Å². The van der Waals surface area contributed by atoms with Crippen molar-refractivity contribution in [1.82, 2.24) is 0 Å². The maximum Gasteiger partial charge on any atom is 0.185 e. The minimum atomic E-state index is -1.40. The summed E-state index contributed by atoms with van der Waals surface area (Å²) in [5.41, 5.74) is 0. The summed E-state index contributed by atoms with van der Waals surface area (Å²) in [5.74, 6) is -2.02. The summed E-state index contributed by atoms with van der Waals surface area (Å²) < 4.78 is 16.2. The fraction of sp³-hybridized carbons (Fsp3) is 1.00. The maximum absolute atomic E-state index is 10.6. The van der Waals surface area contributed by atoms with E-state index in [4.69, 9.17) is 14.2 Å². The molecule has 6 atom stereocenters. The molecule has 154 valence electrons. The largest absolute Gasteiger partial charge is 0.390 e. The summed E-state index contributed by atoms with van der Waals surface area (Å²) in [6, 6.07) is 0. The lowest BCUT2D eigenvalue weighted by Gasteiger charge is -2.56. The van der Waals surface area contributed by atoms with Crippen LogP contribution in [0, 0.1) is 5.92 Å². The zero-order valence-corrected chi connectivity index (χ0v) is 16.4. The lowest BCUT2D eigenvalue weighted by atomic mass is 9.68. The SMILES string of the molecule is CCCCCCCCCCCCOC1(O)CC2O[C@H](OC)C(O)C(O)[C@H]21. The van der Waals surface area contributed by atoms with E-state index in [9.17, 15) is 15.3 Å². The molecular weight excluding hydrogens is 336 g/mol. The van der Waals surface area contributed by atoms with Crippen LogP contribution in [0.3, 0.4) is 0 Å². The Bertz CT molecular complexity index is 392. The van der Waals surface area contributed by atoms with Crippen molar-refractivity contribution >= 4 is 0 Å². The molecule has 2 fully saturated rings. The van der Waals surface area contributed by atoms with Crippen LogP contribution in [0.5, 0.6) is 0 Å². The van der Waals surface area contributed by atoms with Crippen molar-refractivity contribution in [3.63, 3.8) is 0 Å². The average Bonchev–Trinajstić information content (AvgIpc) is 2.61. The molecule has 0 amide bonds. The first-order valence-corrected chi connectivity index (χ1v) is 10.4. The number of hydrogen-bond acceptors (Lipinski definition) is 6. The van der Waals surface area contributed by atoms with Gasteiger partial charge in [0, 0.05) is 13.5 Å². The third kappa shape index (κ3) is 5.63. The highest BCUT2D eigenvalue weighted by Gasteiger charge is 2.63. The molecule has 1 aliphatic carbocycles. The second-order valence-corrected chi connectivity index (χ2v) is 7.86. The predicted molar refractivity (Wildman–Crippen MR) is 98.5 cm³/mol. The molecule has 1 heterocycles. The van der Waals surface area contributed by atoms with E-state index in [1.54, 1.807) is 0 Å². The second kappa shape index (κ2) is 10.9. The fourth-order valence-corrected chi connectivity index (χ4v) is 4.12. The molecule has 4 unspecified atom stereocenters. The number of ether oxygens (including phenoxy) is 3. The first kappa shape index (κ1) is 22.1. The first-order chi connectivity index (χ1) is 12.5. The summed E-state index contributed by atoms with van der Waals surface area (Å²) in [6.45, 7) is 2.70. The molecule has 0 bridgehead atoms. The lowest BCUT2D eigenvalue weighted by molar-refractivity contribution is -0.401. The molecule has 26 heavy (non-hydrogen) atoms. The van der Waals surface area contributed by atoms with E-state index in [2.05, 4.69) is 6.92 Å². The smallest absolute Gasteiger partial charge is 0.185 e. The van der Waals surface area contributed by atoms with Crippen molar-refractivity contribution in [2.75, 3.05) is 13.7 Å². The molecule has 6 heteroatoms. The third-order valence-corrected chi connectivity index (χ3v) is 5.80. The Morgan fingerprint density at radius 1 is 0.923 bits per heavy atom. The summed E-state index contributed by atoms with van der Waals surface area (Å²) in [7, 11) is 1.42. The van der Waals surface area contributed by atoms with Gasteiger partial charge in [0.2, 0.25) is 0 Å². The third-order valence-electron chi connectivity index (χ3n) is 5.80. The summed E-state index contributed by atoms with van der Waals surface area (Å²) in [4.78, 5) is 0. The van der Waals surface area contributed by atoms with E-state index in [1.165, 1.54) is 58.5 Å². The zero-order valence-electron chi connectivity index (χ0n) is 16.4. The van der Waals surface area contributed by atoms with Gasteiger partial charge in [0.15, 0.2) is 12.1 Å². The summed E-state index contributed by atoms with van der Waals surface area (Å²) in [6.07, 6.45) is 9.29. The van der Waals surface area contributed by atoms with Crippen LogP contribution in [0.1, 0.15) is 77.6 Å². The van der Waals surface area contributed by atoms with Crippen LogP contribution in [-0.4, -0.2) is 59.4 Å². The van der Waals surface area contributed by atoms with Crippen molar-refractivity contribution in [3.8, 4) is 0 Å². The van der Waals surface area contributed by atoms with Crippen molar-refractivity contribution in [2.45, 2.75) is 108 Å². The molecule has 0 radical (unpaired) electrons. The molecule has 1 saturated carbocycles. The number of fused-ring (bicyclic) bond motifs is 1. The zero-order chi connectivity index (χ0) is 19.0. The van der Waals surface area contributed by atoms with Gasteiger partial charge in [-0.25, -0.2) is 0 Å². The average molecular weight is 375 g/mol. The van der Waals surface area contributed by atoms with Crippen molar-refractivity contribution in [1.29, 1.82) is 0 Å². The quantitative estimate of drug-likeness (QED) is 0.339. The Hall–Kier alpha value is -0.240. The van der Waals surface area contributed by atoms with Gasteiger partial charge in [-0.15, -0.1) is 0 Å². The Morgan fingerprint density at radius 2 is 1.50 bits per heavy atom. The van der Waals surface area contributed by atoms with Crippen molar-refractivity contribution < 1.29 is 29.5 Å². The summed E-state index contributed by atoms with van der Waals surface area (Å²) in [5, 5.41) is 30.8. The first-order valence-electron chi connectivity index (χ1n) is 10.4. The van der Waals surface area contributed by atoms with Gasteiger partial charge in [-0.1, -0.05) is 64.7 Å². The van der Waals surface area contributed by atoms with Crippen LogP contribution in [0.25, 0.3) is 0 Å². The number of aliphatic hydroxyl groups excluding tert-OH is 2. The van der Waals surface area contributed by atoms with Gasteiger partial charge < -0.3 is 29.5 Å². The Labute approximate surface area is 157 Å². The number of hydrogen-bond donors (Lipinski definition) is 3. The highest BCUT2D eigenvalue weighted by molar-refractivity contribution is 5.06. The molecule has 2 rings (SSSR count). The standard InChI is InChI=1S/C20H38O6/c1-3-4-5-6-7-8-9-10-11-12-13-25-20(23)14-15-16(20)17(21)18(22)19(24-2)26-15/h15-19,21-23H,3-14H2,1-2H3/t15?,16-,17?,18?,19-,20?/m0/s1. The number of aliphatic hydroxyl groups is 3. The van der Waals surface area contributed by atoms with Gasteiger partial charge >= 0.3 is 0 Å². The minimum absolute atomic E-state index is 0.305. The molecule has 2 aliphatic rings. The van der Waals surface area contributed by atoms with Crippen LogP contribution < -0.4 is 0 Å². The van der Waals surface area contributed by atoms with Crippen molar-refractivity contribution in [2.24, 2.45) is 5.92 Å². The van der Waals surface area contributed by atoms with E-state index in [-0.39, 0.29) is 6.10 Å². The van der Waals surface area contributed by atoms with E-state index >= 15 is 0 Å². The number of unbranched alkanes of at least 4 members (excludes halogenated alkanes) is 9. The molecule has 6 nitrogen and oxygen atoms in total. The van der Waals surface area contributed by atoms with Crippen LogP contribution in [0.15, 0.2) is 0 Å². The molecule has 1 aliphatic heterocycles. The van der Waals surface area contributed by atoms with Gasteiger partial charge in [0.1, 0.15) is 6.10 Å². The van der Waals surface area contributed by atoms with E-state index in [0.717, 1.165) is 12.8 Å². The van der Waals surface area contributed by atoms with Gasteiger partial charge in [-0.05, 0) is 6.42 Å². The molecule has 0 aromatic carbocycles. The van der Waals surface area contributed by atoms with E-state index in [1.807, 2.05) is 0 Å². The second-order valence-electron chi connectivity index (χ2n) is 7.86. The molecule has 0 aromatic rings. The maximum atomic E-state index is 10.6. The van der Waals surface area contributed by atoms with Crippen LogP contribution >= 0.6 is 0 Å². The van der Waals surface area contributed by atoms with Crippen LogP contribution in [0.2, 0.25) is 0 Å². The molecule has 3 N–H and O–H groups in total. The van der Waals surface area contributed by atoms with Gasteiger partial charge in [0.05, 0.1) is 24.7 Å². The highest BCUT2D eigenvalue weighted by Crippen LogP contribution is 2.48. The van der Waals surface area contributed by atoms with E-state index in [0.29, 0.717) is 13.0 Å². The Kier molecular flexibility index (Phi) is 9.27. The summed E-state index contributed by atoms with van der Waals surface area (Å²) >= 11 is 0. The Balaban J connectivity index is 1.54. The lowest BCUT2D eigenvalue weighted by Crippen LogP contribution is -2.71. The predicted octanol–water partition coefficient (Wildman–Crippen LogP) is 2.73. The van der Waals surface area contributed by atoms with Gasteiger partial charge in [0.25, 0.3) is 0 Å². The highest BCUT2D eigenvalue weighted by atomic mass is 16.7. The van der Waals surface area contributed by atoms with Crippen LogP contribution in [-0.2, 0) is 14.2 Å². The minimum Gasteiger partial charge on any atom is -0.390 e. The van der Waals surface area contributed by atoms with E-state index < -0.39 is 30.2 Å².